The van der Waals surface area contributed by atoms with Crippen LogP contribution in [0, 0.1) is 0 Å². The van der Waals surface area contributed by atoms with Crippen LogP contribution in [0.5, 0.6) is 0 Å². The van der Waals surface area contributed by atoms with Crippen molar-refractivity contribution in [3.8, 4) is 11.1 Å². The van der Waals surface area contributed by atoms with Gasteiger partial charge in [0, 0.05) is 24.9 Å². The quantitative estimate of drug-likeness (QED) is 0.525. The molecule has 0 fully saturated rings. The van der Waals surface area contributed by atoms with Gasteiger partial charge in [-0.3, -0.25) is 4.79 Å². The van der Waals surface area contributed by atoms with Crippen LogP contribution < -0.4 is 5.32 Å². The number of hydrogen-bond acceptors (Lipinski definition) is 4. The minimum Gasteiger partial charge on any atom is -0.480 e. The molecule has 0 saturated heterocycles. The van der Waals surface area contributed by atoms with Gasteiger partial charge < -0.3 is 20.1 Å². The van der Waals surface area contributed by atoms with Crippen molar-refractivity contribution in [2.45, 2.75) is 64.5 Å². The van der Waals surface area contributed by atoms with Crippen molar-refractivity contribution in [2.75, 3.05) is 13.2 Å². The number of carbonyl (C=O) groups is 3. The number of fused-ring (bicyclic) bond motifs is 3. The number of rotatable bonds is 10. The first-order chi connectivity index (χ1) is 16.2. The highest BCUT2D eigenvalue weighted by Gasteiger charge is 2.37. The fourth-order valence-corrected chi connectivity index (χ4v) is 4.70. The molecule has 1 atom stereocenters. The maximum Gasteiger partial charge on any atom is 0.407 e. The molecule has 2 amide bonds. The Kier molecular flexibility index (Phi) is 7.97. The van der Waals surface area contributed by atoms with Crippen molar-refractivity contribution in [1.29, 1.82) is 0 Å². The topological polar surface area (TPSA) is 95.9 Å². The predicted octanol–water partition coefficient (Wildman–Crippen LogP) is 4.80. The first-order valence-electron chi connectivity index (χ1n) is 11.9. The summed E-state index contributed by atoms with van der Waals surface area (Å²) in [7, 11) is 0. The van der Waals surface area contributed by atoms with E-state index in [1.54, 1.807) is 6.92 Å². The van der Waals surface area contributed by atoms with E-state index in [4.69, 9.17) is 4.74 Å². The van der Waals surface area contributed by atoms with Gasteiger partial charge in [-0.25, -0.2) is 9.59 Å². The SMILES string of the molecule is CCC[C@H](CC(=O)N(CC)C(C)(C)C(=O)O)NC(=O)OCC1c2ccccc2-c2ccccc21. The van der Waals surface area contributed by atoms with E-state index < -0.39 is 23.6 Å². The summed E-state index contributed by atoms with van der Waals surface area (Å²) in [6.07, 6.45) is 0.785. The molecule has 0 unspecified atom stereocenters. The monoisotopic (exact) mass is 466 g/mol. The number of hydrogen-bond donors (Lipinski definition) is 2. The first kappa shape index (κ1) is 25.3. The minimum atomic E-state index is -1.33. The molecule has 2 aromatic carbocycles. The Morgan fingerprint density at radius 2 is 1.59 bits per heavy atom. The van der Waals surface area contributed by atoms with Crippen LogP contribution in [0.2, 0.25) is 0 Å². The Bertz CT molecular complexity index is 1000. The summed E-state index contributed by atoms with van der Waals surface area (Å²) in [5.41, 5.74) is 3.24. The van der Waals surface area contributed by atoms with E-state index in [0.717, 1.165) is 28.7 Å². The van der Waals surface area contributed by atoms with Gasteiger partial charge in [0.05, 0.1) is 0 Å². The number of carboxylic acids is 1. The molecular weight excluding hydrogens is 432 g/mol. The Hall–Kier alpha value is -3.35. The Morgan fingerprint density at radius 1 is 1.03 bits per heavy atom. The number of aliphatic carboxylic acids is 1. The predicted molar refractivity (Wildman–Crippen MR) is 131 cm³/mol. The average molecular weight is 467 g/mol. The molecule has 3 rings (SSSR count). The Balaban J connectivity index is 1.65. The third-order valence-corrected chi connectivity index (χ3v) is 6.54. The van der Waals surface area contributed by atoms with Gasteiger partial charge in [0.25, 0.3) is 0 Å². The molecule has 0 bridgehead atoms. The summed E-state index contributed by atoms with van der Waals surface area (Å²) in [6, 6.07) is 15.8. The maximum absolute atomic E-state index is 12.9. The fourth-order valence-electron chi connectivity index (χ4n) is 4.70. The number of ether oxygens (including phenoxy) is 1. The lowest BCUT2D eigenvalue weighted by Gasteiger charge is -2.35. The Morgan fingerprint density at radius 3 is 2.09 bits per heavy atom. The summed E-state index contributed by atoms with van der Waals surface area (Å²) >= 11 is 0. The first-order valence-corrected chi connectivity index (χ1v) is 11.9. The molecule has 0 radical (unpaired) electrons. The van der Waals surface area contributed by atoms with Crippen LogP contribution in [-0.4, -0.2) is 52.7 Å². The molecule has 2 aromatic rings. The van der Waals surface area contributed by atoms with Crippen LogP contribution in [-0.2, 0) is 14.3 Å². The van der Waals surface area contributed by atoms with Gasteiger partial charge >= 0.3 is 12.1 Å². The van der Waals surface area contributed by atoms with Crippen molar-refractivity contribution in [3.05, 3.63) is 59.7 Å². The minimum absolute atomic E-state index is 0.0165. The summed E-state index contributed by atoms with van der Waals surface area (Å²) in [5.74, 6) is -1.43. The van der Waals surface area contributed by atoms with Gasteiger partial charge in [-0.15, -0.1) is 0 Å². The van der Waals surface area contributed by atoms with Crippen molar-refractivity contribution >= 4 is 18.0 Å². The highest BCUT2D eigenvalue weighted by molar-refractivity contribution is 5.87. The van der Waals surface area contributed by atoms with Gasteiger partial charge in [-0.2, -0.15) is 0 Å². The number of carbonyl (C=O) groups excluding carboxylic acids is 2. The number of benzene rings is 2. The molecule has 182 valence electrons. The van der Waals surface area contributed by atoms with Gasteiger partial charge in [-0.05, 0) is 49.4 Å². The van der Waals surface area contributed by atoms with Gasteiger partial charge in [0.2, 0.25) is 5.91 Å². The standard InChI is InChI=1S/C27H34N2O5/c1-5-11-18(16-24(30)29(6-2)27(3,4)25(31)32)28-26(33)34-17-23-21-14-9-7-12-19(21)20-13-8-10-15-22(20)23/h7-10,12-15,18,23H,5-6,11,16-17H2,1-4H3,(H,28,33)(H,31,32)/t18-/m1/s1. The third kappa shape index (κ3) is 5.24. The summed E-state index contributed by atoms with van der Waals surface area (Å²) in [6.45, 7) is 7.18. The van der Waals surface area contributed by atoms with E-state index in [2.05, 4.69) is 29.6 Å². The summed E-state index contributed by atoms with van der Waals surface area (Å²) < 4.78 is 5.62. The molecule has 1 aliphatic carbocycles. The van der Waals surface area contributed by atoms with Crippen LogP contribution in [0.4, 0.5) is 4.79 Å². The fraction of sp³-hybridized carbons (Fsp3) is 0.444. The van der Waals surface area contributed by atoms with Gasteiger partial charge in [0.1, 0.15) is 12.1 Å². The van der Waals surface area contributed by atoms with Crippen molar-refractivity contribution in [1.82, 2.24) is 10.2 Å². The van der Waals surface area contributed by atoms with E-state index in [1.165, 1.54) is 18.7 Å². The second-order valence-electron chi connectivity index (χ2n) is 9.16. The lowest BCUT2D eigenvalue weighted by molar-refractivity contribution is -0.156. The van der Waals surface area contributed by atoms with Gasteiger partial charge in [-0.1, -0.05) is 61.9 Å². The van der Waals surface area contributed by atoms with Crippen LogP contribution >= 0.6 is 0 Å². The molecule has 1 aliphatic rings. The zero-order valence-electron chi connectivity index (χ0n) is 20.3. The van der Waals surface area contributed by atoms with Crippen molar-refractivity contribution < 1.29 is 24.2 Å². The molecule has 0 heterocycles. The number of nitrogens with zero attached hydrogens (tertiary/aromatic N) is 1. The van der Waals surface area contributed by atoms with E-state index >= 15 is 0 Å². The lowest BCUT2D eigenvalue weighted by atomic mass is 9.98. The lowest BCUT2D eigenvalue weighted by Crippen LogP contribution is -2.54. The molecule has 0 aromatic heterocycles. The van der Waals surface area contributed by atoms with Crippen LogP contribution in [0.25, 0.3) is 11.1 Å². The van der Waals surface area contributed by atoms with Crippen molar-refractivity contribution in [2.24, 2.45) is 0 Å². The van der Waals surface area contributed by atoms with Crippen LogP contribution in [0.1, 0.15) is 64.0 Å². The molecule has 0 aliphatic heterocycles. The van der Waals surface area contributed by atoms with E-state index in [0.29, 0.717) is 6.42 Å². The highest BCUT2D eigenvalue weighted by Crippen LogP contribution is 2.44. The molecule has 7 nitrogen and oxygen atoms in total. The second-order valence-corrected chi connectivity index (χ2v) is 9.16. The normalized spacial score (nSPS) is 13.5. The van der Waals surface area contributed by atoms with Crippen LogP contribution in [0.15, 0.2) is 48.5 Å². The van der Waals surface area contributed by atoms with E-state index in [1.807, 2.05) is 31.2 Å². The van der Waals surface area contributed by atoms with E-state index in [9.17, 15) is 19.5 Å². The number of amides is 2. The summed E-state index contributed by atoms with van der Waals surface area (Å²) in [5, 5.41) is 12.3. The largest absolute Gasteiger partial charge is 0.480 e. The molecule has 0 saturated carbocycles. The smallest absolute Gasteiger partial charge is 0.407 e. The molecule has 0 spiro atoms. The molecule has 2 N–H and O–H groups in total. The van der Waals surface area contributed by atoms with E-state index in [-0.39, 0.29) is 31.4 Å². The molecule has 34 heavy (non-hydrogen) atoms. The molecule has 7 heteroatoms. The second kappa shape index (κ2) is 10.7. The zero-order chi connectivity index (χ0) is 24.9. The third-order valence-electron chi connectivity index (χ3n) is 6.54. The number of carboxylic acid groups (broad SMARTS) is 1. The van der Waals surface area contributed by atoms with Crippen molar-refractivity contribution in [3.63, 3.8) is 0 Å². The Labute approximate surface area is 201 Å². The highest BCUT2D eigenvalue weighted by atomic mass is 16.5. The number of alkyl carbamates (subject to hydrolysis) is 1. The number of likely N-dealkylation sites (N-methyl/N-ethyl adjacent to an activating group) is 1. The average Bonchev–Trinajstić information content (AvgIpc) is 3.12. The zero-order valence-corrected chi connectivity index (χ0v) is 20.3. The maximum atomic E-state index is 12.9. The summed E-state index contributed by atoms with van der Waals surface area (Å²) in [4.78, 5) is 38.5. The van der Waals surface area contributed by atoms with Crippen LogP contribution in [0.3, 0.4) is 0 Å². The van der Waals surface area contributed by atoms with Gasteiger partial charge in [0.15, 0.2) is 0 Å². The molecular formula is C27H34N2O5. The number of nitrogens with one attached hydrogen (secondary N) is 1.